The van der Waals surface area contributed by atoms with Crippen LogP contribution < -0.4 is 4.90 Å². The Labute approximate surface area is 168 Å². The minimum atomic E-state index is -1.06. The molecule has 1 unspecified atom stereocenters. The fourth-order valence-electron chi connectivity index (χ4n) is 4.60. The molecule has 1 atom stereocenters. The normalized spacial score (nSPS) is 20.6. The number of aryl methyl sites for hydroxylation is 1. The Morgan fingerprint density at radius 1 is 1.07 bits per heavy atom. The van der Waals surface area contributed by atoms with E-state index in [1.165, 1.54) is 11.8 Å². The van der Waals surface area contributed by atoms with E-state index >= 15 is 0 Å². The molecule has 0 saturated carbocycles. The van der Waals surface area contributed by atoms with E-state index in [9.17, 15) is 9.90 Å². The van der Waals surface area contributed by atoms with Crippen LogP contribution >= 0.6 is 0 Å². The fraction of sp³-hybridized carbons (Fsp3) is 0.318. The van der Waals surface area contributed by atoms with E-state index in [1.54, 1.807) is 6.20 Å². The number of rotatable bonds is 3. The van der Waals surface area contributed by atoms with Gasteiger partial charge in [-0.15, -0.1) is 0 Å². The van der Waals surface area contributed by atoms with Gasteiger partial charge in [0.2, 0.25) is 0 Å². The predicted molar refractivity (Wildman–Crippen MR) is 108 cm³/mol. The van der Waals surface area contributed by atoms with Gasteiger partial charge in [-0.25, -0.2) is 19.7 Å². The van der Waals surface area contributed by atoms with E-state index in [0.717, 1.165) is 55.9 Å². The van der Waals surface area contributed by atoms with Gasteiger partial charge < -0.3 is 10.0 Å². The first-order chi connectivity index (χ1) is 14.1. The fourth-order valence-corrected chi connectivity index (χ4v) is 4.60. The van der Waals surface area contributed by atoms with Gasteiger partial charge in [0.1, 0.15) is 5.82 Å². The van der Waals surface area contributed by atoms with Gasteiger partial charge in [-0.1, -0.05) is 30.3 Å². The van der Waals surface area contributed by atoms with Crippen LogP contribution in [0.4, 0.5) is 5.82 Å². The highest BCUT2D eigenvalue weighted by Gasteiger charge is 2.44. The highest BCUT2D eigenvalue weighted by Crippen LogP contribution is 2.44. The summed E-state index contributed by atoms with van der Waals surface area (Å²) < 4.78 is 0. The monoisotopic (exact) mass is 387 g/mol. The molecule has 1 saturated heterocycles. The summed E-state index contributed by atoms with van der Waals surface area (Å²) in [6.45, 7) is 1.61. The maximum absolute atomic E-state index is 11.3. The Morgan fingerprint density at radius 2 is 1.93 bits per heavy atom. The zero-order valence-electron chi connectivity index (χ0n) is 16.0. The van der Waals surface area contributed by atoms with Gasteiger partial charge in [0.05, 0.1) is 18.1 Å². The number of hydrogen-bond acceptors (Lipinski definition) is 6. The standard InChI is InChI=1S/C22H21N5O2/c28-21(29)17-12-23-13-18(25-17)27-10-4-8-22(14-27)9-7-16-11-24-20(26-19(16)22)15-5-2-1-3-6-15/h1-3,5-6,11-13H,4,7-10,14H2,(H,28,29). The molecule has 1 spiro atoms. The number of piperidine rings is 1. The van der Waals surface area contributed by atoms with Crippen molar-refractivity contribution in [1.82, 2.24) is 19.9 Å². The molecule has 0 bridgehead atoms. The molecule has 1 fully saturated rings. The van der Waals surface area contributed by atoms with Gasteiger partial charge in [-0.3, -0.25) is 4.98 Å². The highest BCUT2D eigenvalue weighted by atomic mass is 16.4. The van der Waals surface area contributed by atoms with Crippen LogP contribution in [0.1, 0.15) is 41.0 Å². The quantitative estimate of drug-likeness (QED) is 0.738. The number of benzene rings is 1. The SMILES string of the molecule is O=C(O)c1cncc(N2CCCC3(CCc4cnc(-c5ccccc5)nc43)C2)n1. The van der Waals surface area contributed by atoms with Crippen LogP contribution in [0.15, 0.2) is 48.9 Å². The second kappa shape index (κ2) is 6.92. The minimum absolute atomic E-state index is 0.0253. The maximum atomic E-state index is 11.3. The minimum Gasteiger partial charge on any atom is -0.476 e. The van der Waals surface area contributed by atoms with E-state index in [-0.39, 0.29) is 11.1 Å². The van der Waals surface area contributed by atoms with Crippen LogP contribution in [-0.2, 0) is 11.8 Å². The van der Waals surface area contributed by atoms with Gasteiger partial charge in [0.15, 0.2) is 11.5 Å². The number of hydrogen-bond donors (Lipinski definition) is 1. The number of nitrogens with zero attached hydrogens (tertiary/aromatic N) is 5. The Bertz CT molecular complexity index is 1070. The molecule has 5 rings (SSSR count). The van der Waals surface area contributed by atoms with Crippen molar-refractivity contribution in [2.24, 2.45) is 0 Å². The Morgan fingerprint density at radius 3 is 2.76 bits per heavy atom. The molecule has 7 nitrogen and oxygen atoms in total. The van der Waals surface area contributed by atoms with Crippen molar-refractivity contribution in [1.29, 1.82) is 0 Å². The van der Waals surface area contributed by atoms with Crippen LogP contribution in [0.5, 0.6) is 0 Å². The molecule has 146 valence electrons. The maximum Gasteiger partial charge on any atom is 0.356 e. The van der Waals surface area contributed by atoms with Crippen molar-refractivity contribution in [3.63, 3.8) is 0 Å². The molecule has 7 heteroatoms. The van der Waals surface area contributed by atoms with E-state index in [2.05, 4.69) is 19.9 Å². The summed E-state index contributed by atoms with van der Waals surface area (Å²) in [5.74, 6) is 0.322. The molecule has 1 N–H and O–H groups in total. The van der Waals surface area contributed by atoms with E-state index < -0.39 is 5.97 Å². The number of carboxylic acid groups (broad SMARTS) is 1. The average molecular weight is 387 g/mol. The van der Waals surface area contributed by atoms with Gasteiger partial charge in [-0.2, -0.15) is 0 Å². The smallest absolute Gasteiger partial charge is 0.356 e. The molecular formula is C22H21N5O2. The Hall–Kier alpha value is -3.35. The lowest BCUT2D eigenvalue weighted by atomic mass is 9.77. The first kappa shape index (κ1) is 17.7. The summed E-state index contributed by atoms with van der Waals surface area (Å²) in [7, 11) is 0. The molecule has 1 aliphatic carbocycles. The molecular weight excluding hydrogens is 366 g/mol. The lowest BCUT2D eigenvalue weighted by Crippen LogP contribution is -2.46. The lowest BCUT2D eigenvalue weighted by molar-refractivity contribution is 0.0690. The second-order valence-electron chi connectivity index (χ2n) is 7.81. The van der Waals surface area contributed by atoms with E-state index in [1.807, 2.05) is 36.5 Å². The van der Waals surface area contributed by atoms with Gasteiger partial charge >= 0.3 is 5.97 Å². The predicted octanol–water partition coefficient (Wildman–Crippen LogP) is 3.12. The van der Waals surface area contributed by atoms with Crippen LogP contribution in [0.3, 0.4) is 0 Å². The number of carbonyl (C=O) groups is 1. The molecule has 0 radical (unpaired) electrons. The van der Waals surface area contributed by atoms with Crippen LogP contribution in [0.2, 0.25) is 0 Å². The van der Waals surface area contributed by atoms with Crippen LogP contribution in [-0.4, -0.2) is 44.1 Å². The summed E-state index contributed by atoms with van der Waals surface area (Å²) in [5, 5.41) is 9.24. The van der Waals surface area contributed by atoms with E-state index in [4.69, 9.17) is 4.98 Å². The molecule has 1 aliphatic heterocycles. The molecule has 29 heavy (non-hydrogen) atoms. The summed E-state index contributed by atoms with van der Waals surface area (Å²) in [6.07, 6.45) is 8.98. The molecule has 1 aromatic carbocycles. The highest BCUT2D eigenvalue weighted by molar-refractivity contribution is 5.85. The molecule has 2 aromatic heterocycles. The largest absolute Gasteiger partial charge is 0.476 e. The lowest BCUT2D eigenvalue weighted by Gasteiger charge is -2.41. The molecule has 2 aliphatic rings. The Balaban J connectivity index is 1.50. The number of anilines is 1. The van der Waals surface area contributed by atoms with Crippen molar-refractivity contribution in [3.8, 4) is 11.4 Å². The summed E-state index contributed by atoms with van der Waals surface area (Å²) in [6, 6.07) is 10.0. The topological polar surface area (TPSA) is 92.1 Å². The van der Waals surface area contributed by atoms with Crippen molar-refractivity contribution in [2.45, 2.75) is 31.1 Å². The van der Waals surface area contributed by atoms with Crippen molar-refractivity contribution in [3.05, 3.63) is 65.9 Å². The molecule has 3 aromatic rings. The van der Waals surface area contributed by atoms with Crippen LogP contribution in [0.25, 0.3) is 11.4 Å². The average Bonchev–Trinajstić information content (AvgIpc) is 3.11. The van der Waals surface area contributed by atoms with Gasteiger partial charge in [-0.05, 0) is 31.2 Å². The zero-order valence-corrected chi connectivity index (χ0v) is 16.0. The molecule has 3 heterocycles. The first-order valence-electron chi connectivity index (χ1n) is 9.87. The van der Waals surface area contributed by atoms with Gasteiger partial charge in [0, 0.05) is 30.3 Å². The van der Waals surface area contributed by atoms with Crippen molar-refractivity contribution >= 4 is 11.8 Å². The second-order valence-corrected chi connectivity index (χ2v) is 7.81. The van der Waals surface area contributed by atoms with Crippen molar-refractivity contribution < 1.29 is 9.90 Å². The van der Waals surface area contributed by atoms with Crippen molar-refractivity contribution in [2.75, 3.05) is 18.0 Å². The summed E-state index contributed by atoms with van der Waals surface area (Å²) >= 11 is 0. The van der Waals surface area contributed by atoms with E-state index in [0.29, 0.717) is 5.82 Å². The number of carboxylic acids is 1. The third kappa shape index (κ3) is 3.12. The zero-order chi connectivity index (χ0) is 19.8. The molecule has 0 amide bonds. The number of aromatic carboxylic acids is 1. The Kier molecular flexibility index (Phi) is 4.23. The summed E-state index contributed by atoms with van der Waals surface area (Å²) in [5.41, 5.74) is 3.30. The number of aromatic nitrogens is 4. The third-order valence-corrected chi connectivity index (χ3v) is 6.01. The first-order valence-corrected chi connectivity index (χ1v) is 9.87. The third-order valence-electron chi connectivity index (χ3n) is 6.01. The summed E-state index contributed by atoms with van der Waals surface area (Å²) in [4.78, 5) is 31.4. The van der Waals surface area contributed by atoms with Crippen LogP contribution in [0, 0.1) is 0 Å². The number of fused-ring (bicyclic) bond motifs is 2. The van der Waals surface area contributed by atoms with Gasteiger partial charge in [0.25, 0.3) is 0 Å².